The summed E-state index contributed by atoms with van der Waals surface area (Å²) >= 11 is 0. The Balaban J connectivity index is 2.02. The van der Waals surface area contributed by atoms with E-state index in [0.29, 0.717) is 5.69 Å². The molecule has 0 bridgehead atoms. The largest absolute Gasteiger partial charge is 0.372 e. The van der Waals surface area contributed by atoms with Crippen LogP contribution in [0.3, 0.4) is 0 Å². The van der Waals surface area contributed by atoms with Crippen molar-refractivity contribution < 1.29 is 9.59 Å². The summed E-state index contributed by atoms with van der Waals surface area (Å²) in [4.78, 5) is 27.1. The maximum absolute atomic E-state index is 12.5. The third-order valence-electron chi connectivity index (χ3n) is 5.32. The van der Waals surface area contributed by atoms with Crippen LogP contribution in [-0.2, 0) is 9.59 Å². The molecule has 156 valence electrons. The van der Waals surface area contributed by atoms with Crippen LogP contribution in [-0.4, -0.2) is 42.0 Å². The average molecular weight is 389 g/mol. The molecule has 0 aromatic heterocycles. The average Bonchev–Trinajstić information content (AvgIpc) is 2.55. The first-order chi connectivity index (χ1) is 13.0. The Morgan fingerprint density at radius 2 is 1.64 bits per heavy atom. The topological polar surface area (TPSA) is 73.5 Å². The molecule has 28 heavy (non-hydrogen) atoms. The molecule has 0 radical (unpaired) electrons. The summed E-state index contributed by atoms with van der Waals surface area (Å²) in [5.41, 5.74) is 2.54. The van der Waals surface area contributed by atoms with Gasteiger partial charge in [0.1, 0.15) is 0 Å². The van der Waals surface area contributed by atoms with E-state index in [1.165, 1.54) is 0 Å². The van der Waals surface area contributed by atoms with Crippen molar-refractivity contribution in [2.24, 2.45) is 0 Å². The van der Waals surface area contributed by atoms with Crippen LogP contribution in [0, 0.1) is 6.92 Å². The molecular formula is C22H36N4O2. The van der Waals surface area contributed by atoms with Crippen molar-refractivity contribution in [3.63, 3.8) is 0 Å². The summed E-state index contributed by atoms with van der Waals surface area (Å²) in [6.07, 6.45) is 1.57. The zero-order valence-electron chi connectivity index (χ0n) is 18.4. The minimum atomic E-state index is -0.618. The molecular weight excluding hydrogens is 352 g/mol. The van der Waals surface area contributed by atoms with Gasteiger partial charge in [0.25, 0.3) is 0 Å². The molecule has 6 heteroatoms. The van der Waals surface area contributed by atoms with Gasteiger partial charge in [0.05, 0.1) is 0 Å². The van der Waals surface area contributed by atoms with Crippen molar-refractivity contribution in [3.05, 3.63) is 23.8 Å². The molecule has 6 nitrogen and oxygen atoms in total. The van der Waals surface area contributed by atoms with Crippen LogP contribution in [0.2, 0.25) is 0 Å². The lowest BCUT2D eigenvalue weighted by molar-refractivity contribution is -0.137. The minimum absolute atomic E-state index is 0.0318. The lowest BCUT2D eigenvalue weighted by Crippen LogP contribution is -2.62. The number of carbonyl (C=O) groups excluding carboxylic acids is 2. The van der Waals surface area contributed by atoms with E-state index in [4.69, 9.17) is 0 Å². The fourth-order valence-corrected chi connectivity index (χ4v) is 4.43. The van der Waals surface area contributed by atoms with Gasteiger partial charge in [0, 0.05) is 41.6 Å². The highest BCUT2D eigenvalue weighted by Gasteiger charge is 2.38. The lowest BCUT2D eigenvalue weighted by atomic mass is 9.79. The molecule has 1 aliphatic heterocycles. The lowest BCUT2D eigenvalue weighted by Gasteiger charge is -2.46. The number of rotatable bonds is 5. The quantitative estimate of drug-likeness (QED) is 0.677. The molecule has 0 aliphatic carbocycles. The van der Waals surface area contributed by atoms with Crippen LogP contribution >= 0.6 is 0 Å². The molecule has 0 spiro atoms. The van der Waals surface area contributed by atoms with Crippen LogP contribution in [0.4, 0.5) is 11.4 Å². The van der Waals surface area contributed by atoms with E-state index in [1.54, 1.807) is 0 Å². The fourth-order valence-electron chi connectivity index (χ4n) is 4.43. The van der Waals surface area contributed by atoms with Crippen molar-refractivity contribution in [1.82, 2.24) is 10.6 Å². The molecule has 1 heterocycles. The van der Waals surface area contributed by atoms with E-state index < -0.39 is 11.8 Å². The second-order valence-corrected chi connectivity index (χ2v) is 9.10. The Morgan fingerprint density at radius 3 is 2.14 bits per heavy atom. The van der Waals surface area contributed by atoms with Crippen molar-refractivity contribution in [3.8, 4) is 0 Å². The molecule has 1 aromatic rings. The maximum Gasteiger partial charge on any atom is 0.313 e. The van der Waals surface area contributed by atoms with Crippen molar-refractivity contribution in [2.75, 3.05) is 23.3 Å². The molecule has 1 fully saturated rings. The van der Waals surface area contributed by atoms with Crippen LogP contribution in [0.1, 0.15) is 59.9 Å². The van der Waals surface area contributed by atoms with E-state index in [-0.39, 0.29) is 17.1 Å². The molecule has 0 atom stereocenters. The van der Waals surface area contributed by atoms with E-state index in [2.05, 4.69) is 62.4 Å². The van der Waals surface area contributed by atoms with Crippen molar-refractivity contribution in [2.45, 2.75) is 78.4 Å². The first-order valence-electron chi connectivity index (χ1n) is 10.2. The smallest absolute Gasteiger partial charge is 0.313 e. The van der Waals surface area contributed by atoms with Gasteiger partial charge in [-0.2, -0.15) is 0 Å². The van der Waals surface area contributed by atoms with E-state index in [0.717, 1.165) is 37.2 Å². The van der Waals surface area contributed by atoms with Gasteiger partial charge in [-0.25, -0.2) is 0 Å². The zero-order chi connectivity index (χ0) is 21.1. The fraction of sp³-hybridized carbons (Fsp3) is 0.636. The van der Waals surface area contributed by atoms with Gasteiger partial charge in [0.15, 0.2) is 0 Å². The van der Waals surface area contributed by atoms with E-state index in [9.17, 15) is 9.59 Å². The third-order valence-corrected chi connectivity index (χ3v) is 5.32. The third kappa shape index (κ3) is 5.71. The summed E-state index contributed by atoms with van der Waals surface area (Å²) in [5.74, 6) is -1.20. The number of benzene rings is 1. The highest BCUT2D eigenvalue weighted by Crippen LogP contribution is 2.28. The van der Waals surface area contributed by atoms with Gasteiger partial charge in [-0.1, -0.05) is 0 Å². The van der Waals surface area contributed by atoms with E-state index in [1.807, 2.05) is 25.1 Å². The monoisotopic (exact) mass is 388 g/mol. The molecule has 0 unspecified atom stereocenters. The first-order valence-corrected chi connectivity index (χ1v) is 10.2. The number of hydrogen-bond donors (Lipinski definition) is 3. The Kier molecular flexibility index (Phi) is 6.75. The van der Waals surface area contributed by atoms with Crippen molar-refractivity contribution in [1.29, 1.82) is 0 Å². The number of aryl methyl sites for hydroxylation is 1. The number of nitrogens with zero attached hydrogens (tertiary/aromatic N) is 1. The highest BCUT2D eigenvalue weighted by molar-refractivity contribution is 6.39. The van der Waals surface area contributed by atoms with Gasteiger partial charge >= 0.3 is 11.8 Å². The van der Waals surface area contributed by atoms with Gasteiger partial charge < -0.3 is 20.9 Å². The molecule has 2 amide bonds. The Hall–Kier alpha value is -2.08. The normalized spacial score (nSPS) is 18.4. The summed E-state index contributed by atoms with van der Waals surface area (Å²) in [7, 11) is 0. The molecule has 1 aliphatic rings. The van der Waals surface area contributed by atoms with Crippen molar-refractivity contribution >= 4 is 23.2 Å². The van der Waals surface area contributed by atoms with E-state index >= 15 is 0 Å². The Morgan fingerprint density at radius 1 is 1.07 bits per heavy atom. The summed E-state index contributed by atoms with van der Waals surface area (Å²) < 4.78 is 0. The second-order valence-electron chi connectivity index (χ2n) is 9.10. The number of amides is 2. The standard InChI is InChI=1S/C22H36N4O2/c1-8-26(9-2)17-10-11-18(15(3)12-17)24-20(28)19(27)23-16-13-21(4,5)25-22(6,7)14-16/h10-12,16,25H,8-9,13-14H2,1-7H3,(H,23,27)(H,24,28). The van der Waals surface area contributed by atoms with Crippen LogP contribution < -0.4 is 20.9 Å². The first kappa shape index (κ1) is 22.2. The molecule has 2 rings (SSSR count). The van der Waals surface area contributed by atoms with Gasteiger partial charge in [-0.15, -0.1) is 0 Å². The zero-order valence-corrected chi connectivity index (χ0v) is 18.4. The van der Waals surface area contributed by atoms with Crippen LogP contribution in [0.5, 0.6) is 0 Å². The number of anilines is 2. The number of hydrogen-bond acceptors (Lipinski definition) is 4. The Labute approximate surface area is 169 Å². The van der Waals surface area contributed by atoms with Gasteiger partial charge in [-0.3, -0.25) is 9.59 Å². The Bertz CT molecular complexity index is 707. The predicted octanol–water partition coefficient (Wildman–Crippen LogP) is 3.21. The number of carbonyl (C=O) groups is 2. The molecule has 0 saturated carbocycles. The predicted molar refractivity (Wildman–Crippen MR) is 116 cm³/mol. The molecule has 3 N–H and O–H groups in total. The SMILES string of the molecule is CCN(CC)c1ccc(NC(=O)C(=O)NC2CC(C)(C)NC(C)(C)C2)c(C)c1. The number of piperidine rings is 1. The second kappa shape index (κ2) is 8.52. The summed E-state index contributed by atoms with van der Waals surface area (Å²) in [6, 6.07) is 5.85. The summed E-state index contributed by atoms with van der Waals surface area (Å²) in [5, 5.41) is 9.26. The number of nitrogens with one attached hydrogen (secondary N) is 3. The molecule has 1 aromatic carbocycles. The van der Waals surface area contributed by atoms with Crippen LogP contribution in [0.15, 0.2) is 18.2 Å². The maximum atomic E-state index is 12.5. The molecule has 1 saturated heterocycles. The summed E-state index contributed by atoms with van der Waals surface area (Å²) in [6.45, 7) is 16.5. The highest BCUT2D eigenvalue weighted by atomic mass is 16.2. The van der Waals surface area contributed by atoms with Crippen LogP contribution in [0.25, 0.3) is 0 Å². The minimum Gasteiger partial charge on any atom is -0.372 e. The van der Waals surface area contributed by atoms with Gasteiger partial charge in [-0.05, 0) is 85.1 Å². The van der Waals surface area contributed by atoms with Gasteiger partial charge in [0.2, 0.25) is 0 Å².